The molecule has 1 radical (unpaired) electrons. The first-order valence-electron chi connectivity index (χ1n) is 5.77. The van der Waals surface area contributed by atoms with Gasteiger partial charge in [0.25, 0.3) is 0 Å². The first kappa shape index (κ1) is 13.2. The van der Waals surface area contributed by atoms with Crippen LogP contribution in [-0.4, -0.2) is 26.7 Å². The third kappa shape index (κ3) is 1.60. The summed E-state index contributed by atoms with van der Waals surface area (Å²) < 4.78 is 0.795. The summed E-state index contributed by atoms with van der Waals surface area (Å²) in [4.78, 5) is 0. The van der Waals surface area contributed by atoms with E-state index in [4.69, 9.17) is 11.6 Å². The van der Waals surface area contributed by atoms with E-state index in [2.05, 4.69) is 0 Å². The number of hydrogen-bond acceptors (Lipinski definition) is 2. The average Bonchev–Trinajstić information content (AvgIpc) is 2.41. The molecule has 1 aliphatic rings. The molecule has 0 aliphatic carbocycles. The fourth-order valence-corrected chi connectivity index (χ4v) is 2.07. The summed E-state index contributed by atoms with van der Waals surface area (Å²) in [6.07, 6.45) is 0. The molecule has 5 heteroatoms. The van der Waals surface area contributed by atoms with Gasteiger partial charge >= 0.3 is 5.84 Å². The van der Waals surface area contributed by atoms with Crippen LogP contribution in [0.2, 0.25) is 5.02 Å². The van der Waals surface area contributed by atoms with Crippen molar-refractivity contribution in [1.29, 1.82) is 0 Å². The number of rotatable bonds is 1. The number of amidine groups is 1. The lowest BCUT2D eigenvalue weighted by molar-refractivity contribution is -0.539. The SMILES string of the molecule is CC1(C)N([O])C(c2ccc(Cl)cc2)=[N+]([O-])C1(C)C. The monoisotopic (exact) mass is 267 g/mol. The van der Waals surface area contributed by atoms with Gasteiger partial charge in [0.15, 0.2) is 5.54 Å². The molecule has 0 N–H and O–H groups in total. The zero-order valence-electron chi connectivity index (χ0n) is 10.9. The van der Waals surface area contributed by atoms with Crippen LogP contribution in [0.15, 0.2) is 24.3 Å². The molecule has 0 saturated carbocycles. The lowest BCUT2D eigenvalue weighted by atomic mass is 9.84. The minimum absolute atomic E-state index is 0.140. The molecule has 0 aromatic heterocycles. The minimum Gasteiger partial charge on any atom is -0.714 e. The summed E-state index contributed by atoms with van der Waals surface area (Å²) >= 11 is 5.81. The Balaban J connectivity index is 2.57. The lowest BCUT2D eigenvalue weighted by Crippen LogP contribution is -2.53. The second-order valence-corrected chi connectivity index (χ2v) is 5.97. The van der Waals surface area contributed by atoms with Crippen molar-refractivity contribution in [2.24, 2.45) is 0 Å². The molecule has 97 valence electrons. The van der Waals surface area contributed by atoms with Crippen LogP contribution in [0.5, 0.6) is 0 Å². The van der Waals surface area contributed by atoms with E-state index in [-0.39, 0.29) is 5.84 Å². The van der Waals surface area contributed by atoms with E-state index in [0.717, 1.165) is 9.80 Å². The average molecular weight is 268 g/mol. The molecule has 0 atom stereocenters. The minimum atomic E-state index is -0.788. The molecule has 1 aromatic rings. The van der Waals surface area contributed by atoms with Gasteiger partial charge in [-0.1, -0.05) is 16.7 Å². The van der Waals surface area contributed by atoms with Crippen LogP contribution in [-0.2, 0) is 5.21 Å². The van der Waals surface area contributed by atoms with E-state index in [1.165, 1.54) is 0 Å². The Kier molecular flexibility index (Phi) is 2.83. The maximum Gasteiger partial charge on any atom is 0.316 e. The van der Waals surface area contributed by atoms with E-state index in [1.807, 2.05) is 0 Å². The Morgan fingerprint density at radius 3 is 2.06 bits per heavy atom. The molecule has 4 nitrogen and oxygen atoms in total. The quantitative estimate of drug-likeness (QED) is 0.580. The molecule has 1 aliphatic heterocycles. The van der Waals surface area contributed by atoms with E-state index in [1.54, 1.807) is 52.0 Å². The van der Waals surface area contributed by atoms with Gasteiger partial charge < -0.3 is 5.21 Å². The van der Waals surface area contributed by atoms with Crippen LogP contribution < -0.4 is 0 Å². The molecule has 2 rings (SSSR count). The molecule has 18 heavy (non-hydrogen) atoms. The van der Waals surface area contributed by atoms with Crippen LogP contribution in [0, 0.1) is 5.21 Å². The maximum absolute atomic E-state index is 12.3. The van der Waals surface area contributed by atoms with E-state index < -0.39 is 11.1 Å². The summed E-state index contributed by atoms with van der Waals surface area (Å²) in [5.74, 6) is 0.140. The molecule has 0 spiro atoms. The number of halogens is 1. The fraction of sp³-hybridized carbons (Fsp3) is 0.462. The molecule has 0 fully saturated rings. The molecule has 1 heterocycles. The van der Waals surface area contributed by atoms with Crippen molar-refractivity contribution in [2.45, 2.75) is 38.8 Å². The van der Waals surface area contributed by atoms with Crippen molar-refractivity contribution in [3.63, 3.8) is 0 Å². The highest BCUT2D eigenvalue weighted by atomic mass is 35.5. The Morgan fingerprint density at radius 1 is 1.17 bits per heavy atom. The van der Waals surface area contributed by atoms with Crippen molar-refractivity contribution >= 4 is 17.4 Å². The maximum atomic E-state index is 12.3. The smallest absolute Gasteiger partial charge is 0.316 e. The van der Waals surface area contributed by atoms with Crippen molar-refractivity contribution in [3.8, 4) is 0 Å². The first-order chi connectivity index (χ1) is 8.19. The Bertz CT molecular complexity index is 506. The fourth-order valence-electron chi connectivity index (χ4n) is 1.94. The van der Waals surface area contributed by atoms with Crippen molar-refractivity contribution in [3.05, 3.63) is 40.1 Å². The summed E-state index contributed by atoms with van der Waals surface area (Å²) in [6.45, 7) is 7.09. The highest BCUT2D eigenvalue weighted by molar-refractivity contribution is 6.30. The lowest BCUT2D eigenvalue weighted by Gasteiger charge is -2.32. The highest BCUT2D eigenvalue weighted by Crippen LogP contribution is 2.37. The number of hydroxylamine groups is 3. The summed E-state index contributed by atoms with van der Waals surface area (Å²) in [7, 11) is 0. The van der Waals surface area contributed by atoms with Crippen molar-refractivity contribution < 1.29 is 9.95 Å². The topological polar surface area (TPSA) is 49.2 Å². The second-order valence-electron chi connectivity index (χ2n) is 5.54. The molecule has 0 unspecified atom stereocenters. The van der Waals surface area contributed by atoms with Crippen LogP contribution in [0.25, 0.3) is 0 Å². The zero-order chi connectivity index (χ0) is 13.7. The summed E-state index contributed by atoms with van der Waals surface area (Å²) in [6, 6.07) is 6.71. The predicted molar refractivity (Wildman–Crippen MR) is 69.9 cm³/mol. The van der Waals surface area contributed by atoms with Gasteiger partial charge in [-0.05, 0) is 52.0 Å². The van der Waals surface area contributed by atoms with Crippen molar-refractivity contribution in [1.82, 2.24) is 5.06 Å². The van der Waals surface area contributed by atoms with Gasteiger partial charge in [0.2, 0.25) is 0 Å². The van der Waals surface area contributed by atoms with Crippen LogP contribution >= 0.6 is 11.6 Å². The molecule has 0 saturated heterocycles. The summed E-state index contributed by atoms with van der Waals surface area (Å²) in [5.41, 5.74) is -0.990. The first-order valence-corrected chi connectivity index (χ1v) is 6.15. The van der Waals surface area contributed by atoms with Gasteiger partial charge in [0.05, 0.1) is 5.56 Å². The number of hydrogen-bond donors (Lipinski definition) is 0. The van der Waals surface area contributed by atoms with E-state index >= 15 is 0 Å². The normalized spacial score (nSPS) is 21.6. The van der Waals surface area contributed by atoms with Gasteiger partial charge in [0.1, 0.15) is 5.54 Å². The van der Waals surface area contributed by atoms with Gasteiger partial charge in [-0.3, -0.25) is 4.74 Å². The van der Waals surface area contributed by atoms with Crippen LogP contribution in [0.4, 0.5) is 0 Å². The second kappa shape index (κ2) is 3.87. The number of nitrogens with zero attached hydrogens (tertiary/aromatic N) is 2. The molecular formula is C13H16ClN2O2. The molecule has 0 bridgehead atoms. The summed E-state index contributed by atoms with van der Waals surface area (Å²) in [5, 5.41) is 26.1. The number of benzene rings is 1. The Hall–Kier alpha value is -1.26. The van der Waals surface area contributed by atoms with E-state index in [9.17, 15) is 10.4 Å². The third-order valence-electron chi connectivity index (χ3n) is 4.00. The van der Waals surface area contributed by atoms with Gasteiger partial charge in [-0.2, -0.15) is 0 Å². The third-order valence-corrected chi connectivity index (χ3v) is 4.25. The Morgan fingerprint density at radius 2 is 1.67 bits per heavy atom. The van der Waals surface area contributed by atoms with Gasteiger partial charge in [-0.25, -0.2) is 0 Å². The Labute approximate surface area is 112 Å². The standard InChI is InChI=1S/C13H16ClN2O2/c1-12(2)13(3,4)16(18)11(15(12)17)9-5-7-10(14)8-6-9/h5-8H,1-4H3. The largest absolute Gasteiger partial charge is 0.714 e. The van der Waals surface area contributed by atoms with Gasteiger partial charge in [-0.15, -0.1) is 0 Å². The van der Waals surface area contributed by atoms with Crippen molar-refractivity contribution in [2.75, 3.05) is 0 Å². The predicted octanol–water partition coefficient (Wildman–Crippen LogP) is 2.82. The van der Waals surface area contributed by atoms with Gasteiger partial charge in [0, 0.05) is 10.2 Å². The molecule has 1 aromatic carbocycles. The highest BCUT2D eigenvalue weighted by Gasteiger charge is 2.59. The molecular weight excluding hydrogens is 252 g/mol. The van der Waals surface area contributed by atoms with Crippen LogP contribution in [0.1, 0.15) is 33.3 Å². The molecule has 0 amide bonds. The van der Waals surface area contributed by atoms with Crippen LogP contribution in [0.3, 0.4) is 0 Å². The van der Waals surface area contributed by atoms with E-state index in [0.29, 0.717) is 10.6 Å². The zero-order valence-corrected chi connectivity index (χ0v) is 11.7.